The van der Waals surface area contributed by atoms with E-state index in [4.69, 9.17) is 4.74 Å². The lowest BCUT2D eigenvalue weighted by Gasteiger charge is -2.37. The van der Waals surface area contributed by atoms with Crippen LogP contribution in [0.25, 0.3) is 0 Å². The van der Waals surface area contributed by atoms with E-state index in [-0.39, 0.29) is 29.6 Å². The molecule has 34 heavy (non-hydrogen) atoms. The summed E-state index contributed by atoms with van der Waals surface area (Å²) in [6.45, 7) is 3.91. The second-order valence-corrected chi connectivity index (χ2v) is 9.79. The normalized spacial score (nSPS) is 23.1. The summed E-state index contributed by atoms with van der Waals surface area (Å²) in [6.07, 6.45) is 4.85. The first-order valence-electron chi connectivity index (χ1n) is 12.2. The van der Waals surface area contributed by atoms with E-state index in [0.717, 1.165) is 42.5 Å². The van der Waals surface area contributed by atoms with Crippen molar-refractivity contribution >= 4 is 11.8 Å². The van der Waals surface area contributed by atoms with Gasteiger partial charge < -0.3 is 10.1 Å². The van der Waals surface area contributed by atoms with Gasteiger partial charge in [-0.25, -0.2) is 9.18 Å². The number of rotatable bonds is 4. The van der Waals surface area contributed by atoms with E-state index < -0.39 is 5.92 Å². The van der Waals surface area contributed by atoms with Crippen LogP contribution in [0.4, 0.5) is 4.39 Å². The van der Waals surface area contributed by atoms with Gasteiger partial charge in [0.05, 0.1) is 5.57 Å². The molecule has 0 radical (unpaired) electrons. The van der Waals surface area contributed by atoms with Crippen molar-refractivity contribution in [1.82, 2.24) is 5.32 Å². The van der Waals surface area contributed by atoms with Crippen LogP contribution < -0.4 is 5.32 Å². The Hall–Kier alpha value is -3.21. The fraction of sp³-hybridized carbons (Fsp3) is 0.379. The fourth-order valence-electron chi connectivity index (χ4n) is 5.59. The van der Waals surface area contributed by atoms with Crippen molar-refractivity contribution in [3.8, 4) is 0 Å². The largest absolute Gasteiger partial charge is 0.459 e. The van der Waals surface area contributed by atoms with Gasteiger partial charge >= 0.3 is 5.97 Å². The van der Waals surface area contributed by atoms with Crippen molar-refractivity contribution in [2.24, 2.45) is 0 Å². The molecule has 1 saturated carbocycles. The third-order valence-corrected chi connectivity index (χ3v) is 7.38. The maximum atomic E-state index is 13.7. The zero-order chi connectivity index (χ0) is 23.8. The molecule has 2 unspecified atom stereocenters. The Morgan fingerprint density at radius 2 is 1.59 bits per heavy atom. The lowest BCUT2D eigenvalue weighted by atomic mass is 9.71. The summed E-state index contributed by atoms with van der Waals surface area (Å²) >= 11 is 0. The predicted molar refractivity (Wildman–Crippen MR) is 129 cm³/mol. The molecule has 1 N–H and O–H groups in total. The summed E-state index contributed by atoms with van der Waals surface area (Å²) in [5.41, 5.74) is 5.67. The maximum Gasteiger partial charge on any atom is 0.337 e. The van der Waals surface area contributed by atoms with Crippen LogP contribution in [0.15, 0.2) is 71.1 Å². The van der Waals surface area contributed by atoms with E-state index in [9.17, 15) is 14.0 Å². The Labute approximate surface area is 199 Å². The molecule has 1 fully saturated rings. The highest BCUT2D eigenvalue weighted by Gasteiger charge is 2.42. The Morgan fingerprint density at radius 1 is 0.941 bits per heavy atom. The van der Waals surface area contributed by atoms with Gasteiger partial charge in [0.2, 0.25) is 0 Å². The van der Waals surface area contributed by atoms with Crippen LogP contribution in [-0.4, -0.2) is 17.9 Å². The molecule has 3 aliphatic rings. The molecule has 1 heterocycles. The van der Waals surface area contributed by atoms with Gasteiger partial charge in [-0.3, -0.25) is 4.79 Å². The number of ether oxygens (including phenoxy) is 1. The predicted octanol–water partition coefficient (Wildman–Crippen LogP) is 5.98. The summed E-state index contributed by atoms with van der Waals surface area (Å²) in [4.78, 5) is 27.0. The molecule has 0 spiro atoms. The van der Waals surface area contributed by atoms with Gasteiger partial charge in [0, 0.05) is 29.3 Å². The smallest absolute Gasteiger partial charge is 0.337 e. The highest BCUT2D eigenvalue weighted by atomic mass is 19.1. The van der Waals surface area contributed by atoms with Crippen LogP contribution in [0.2, 0.25) is 0 Å². The number of dihydropyridines is 1. The van der Waals surface area contributed by atoms with E-state index in [1.54, 1.807) is 12.1 Å². The average Bonchev–Trinajstić information content (AvgIpc) is 3.32. The third-order valence-electron chi connectivity index (χ3n) is 7.38. The number of aryl methyl sites for hydroxylation is 1. The summed E-state index contributed by atoms with van der Waals surface area (Å²) in [5.74, 6) is -1.19. The van der Waals surface area contributed by atoms with E-state index in [0.29, 0.717) is 29.7 Å². The van der Waals surface area contributed by atoms with Crippen LogP contribution in [0.5, 0.6) is 0 Å². The molecular formula is C29H30FNO3. The zero-order valence-electron chi connectivity index (χ0n) is 19.7. The van der Waals surface area contributed by atoms with Gasteiger partial charge in [0.25, 0.3) is 0 Å². The number of ketones is 1. The summed E-state index contributed by atoms with van der Waals surface area (Å²) in [6, 6.07) is 14.4. The molecule has 0 saturated heterocycles. The van der Waals surface area contributed by atoms with Gasteiger partial charge in [-0.05, 0) is 75.1 Å². The number of hydrogen-bond donors (Lipinski definition) is 1. The molecular weight excluding hydrogens is 429 g/mol. The van der Waals surface area contributed by atoms with Crippen LogP contribution in [0, 0.1) is 12.7 Å². The maximum absolute atomic E-state index is 13.7. The molecule has 176 valence electrons. The minimum absolute atomic E-state index is 0.0207. The first kappa shape index (κ1) is 22.6. The Kier molecular flexibility index (Phi) is 6.11. The Morgan fingerprint density at radius 3 is 2.26 bits per heavy atom. The number of hydrogen-bond acceptors (Lipinski definition) is 4. The van der Waals surface area contributed by atoms with E-state index in [1.807, 2.05) is 13.8 Å². The molecule has 0 bridgehead atoms. The molecule has 0 amide bonds. The van der Waals surface area contributed by atoms with Crippen LogP contribution in [0.3, 0.4) is 0 Å². The molecule has 5 heteroatoms. The Balaban J connectivity index is 1.53. The number of allylic oxidation sites excluding steroid dienone is 3. The molecule has 5 rings (SSSR count). The van der Waals surface area contributed by atoms with E-state index in [2.05, 4.69) is 29.6 Å². The number of nitrogens with one attached hydrogen (secondary N) is 1. The zero-order valence-corrected chi connectivity index (χ0v) is 19.7. The highest BCUT2D eigenvalue weighted by Crippen LogP contribution is 2.46. The van der Waals surface area contributed by atoms with Crippen molar-refractivity contribution in [2.45, 2.75) is 70.3 Å². The average molecular weight is 460 g/mol. The van der Waals surface area contributed by atoms with Gasteiger partial charge in [0.1, 0.15) is 11.9 Å². The number of esters is 1. The molecule has 2 aliphatic carbocycles. The number of carbonyl (C=O) groups is 2. The minimum atomic E-state index is -0.558. The third kappa shape index (κ3) is 4.31. The monoisotopic (exact) mass is 459 g/mol. The van der Waals surface area contributed by atoms with Crippen LogP contribution in [-0.2, 0) is 14.3 Å². The van der Waals surface area contributed by atoms with E-state index >= 15 is 0 Å². The minimum Gasteiger partial charge on any atom is -0.459 e. The topological polar surface area (TPSA) is 55.4 Å². The molecule has 0 aromatic heterocycles. The Bertz CT molecular complexity index is 1170. The fourth-order valence-corrected chi connectivity index (χ4v) is 5.59. The van der Waals surface area contributed by atoms with Gasteiger partial charge in [-0.15, -0.1) is 0 Å². The quantitative estimate of drug-likeness (QED) is 0.572. The summed E-state index contributed by atoms with van der Waals surface area (Å²) in [7, 11) is 0. The van der Waals surface area contributed by atoms with Crippen molar-refractivity contribution in [2.75, 3.05) is 0 Å². The van der Waals surface area contributed by atoms with Crippen molar-refractivity contribution in [1.29, 1.82) is 0 Å². The molecule has 2 aromatic carbocycles. The van der Waals surface area contributed by atoms with Crippen LogP contribution >= 0.6 is 0 Å². The standard InChI is InChI=1S/C29H30FNO3/c1-17-7-9-19(10-8-17)21-15-24-28(25(32)16-21)27(20-11-13-22(30)14-12-20)26(18(2)31-24)29(33)34-23-5-3-4-6-23/h7-14,21,23,27,31H,3-6,15-16H2,1-2H3. The highest BCUT2D eigenvalue weighted by molar-refractivity contribution is 6.04. The summed E-state index contributed by atoms with van der Waals surface area (Å²) in [5, 5.41) is 3.39. The first-order valence-corrected chi connectivity index (χ1v) is 12.2. The lowest BCUT2D eigenvalue weighted by molar-refractivity contribution is -0.144. The lowest BCUT2D eigenvalue weighted by Crippen LogP contribution is -2.36. The van der Waals surface area contributed by atoms with Gasteiger partial charge in [0.15, 0.2) is 5.78 Å². The van der Waals surface area contributed by atoms with Gasteiger partial charge in [-0.2, -0.15) is 0 Å². The van der Waals surface area contributed by atoms with E-state index in [1.165, 1.54) is 17.7 Å². The number of Topliss-reactive ketones (excluding diaryl/α,β-unsaturated/α-hetero) is 1. The van der Waals surface area contributed by atoms with Gasteiger partial charge in [-0.1, -0.05) is 42.0 Å². The van der Waals surface area contributed by atoms with Crippen molar-refractivity contribution < 1.29 is 18.7 Å². The molecule has 2 atom stereocenters. The number of benzene rings is 2. The molecule has 4 nitrogen and oxygen atoms in total. The molecule has 1 aliphatic heterocycles. The first-order chi connectivity index (χ1) is 16.4. The van der Waals surface area contributed by atoms with Crippen LogP contribution in [0.1, 0.15) is 74.0 Å². The summed E-state index contributed by atoms with van der Waals surface area (Å²) < 4.78 is 19.6. The SMILES string of the molecule is CC1=C(C(=O)OC2CCCC2)C(c2ccc(F)cc2)C2=C(CC(c3ccc(C)cc3)CC2=O)N1. The number of carbonyl (C=O) groups excluding carboxylic acids is 2. The van der Waals surface area contributed by atoms with Crippen molar-refractivity contribution in [3.05, 3.63) is 93.6 Å². The molecule has 2 aromatic rings. The second-order valence-electron chi connectivity index (χ2n) is 9.79. The second kappa shape index (κ2) is 9.21. The number of halogens is 1. The van der Waals surface area contributed by atoms with Crippen molar-refractivity contribution in [3.63, 3.8) is 0 Å².